The molecule has 1 aliphatic carbocycles. The van der Waals surface area contributed by atoms with E-state index in [2.05, 4.69) is 29.6 Å². The molecule has 3 aromatic carbocycles. The van der Waals surface area contributed by atoms with Crippen LogP contribution in [0.15, 0.2) is 72.8 Å². The van der Waals surface area contributed by atoms with Crippen LogP contribution < -0.4 is 5.32 Å². The third-order valence-electron chi connectivity index (χ3n) is 5.54. The summed E-state index contributed by atoms with van der Waals surface area (Å²) in [5, 5.41) is 13.7. The summed E-state index contributed by atoms with van der Waals surface area (Å²) in [5.41, 5.74) is 5.29. The molecule has 0 fully saturated rings. The van der Waals surface area contributed by atoms with Crippen molar-refractivity contribution < 1.29 is 19.2 Å². The van der Waals surface area contributed by atoms with Gasteiger partial charge in [-0.1, -0.05) is 60.7 Å². The molecule has 0 aliphatic heterocycles. The minimum atomic E-state index is -0.539. The minimum absolute atomic E-state index is 0.00364. The molecule has 0 saturated heterocycles. The molecule has 166 valence electrons. The molecule has 1 amide bonds. The fourth-order valence-corrected chi connectivity index (χ4v) is 4.06. The molecular formula is C26H22N2O5. The maximum Gasteiger partial charge on any atom is 0.407 e. The number of rotatable bonds is 8. The molecule has 0 aromatic heterocycles. The number of alkyl carbamates (subject to hydrolysis) is 1. The number of carbonyl (C=O) groups excluding carboxylic acids is 2. The van der Waals surface area contributed by atoms with Gasteiger partial charge >= 0.3 is 6.09 Å². The highest BCUT2D eigenvalue weighted by atomic mass is 16.6. The Labute approximate surface area is 190 Å². The second kappa shape index (κ2) is 9.91. The van der Waals surface area contributed by atoms with E-state index < -0.39 is 11.0 Å². The molecular weight excluding hydrogens is 420 g/mol. The lowest BCUT2D eigenvalue weighted by atomic mass is 9.98. The maximum atomic E-state index is 12.2. The van der Waals surface area contributed by atoms with Crippen LogP contribution in [0.25, 0.3) is 17.2 Å². The van der Waals surface area contributed by atoms with Crippen molar-refractivity contribution in [3.05, 3.63) is 105 Å². The lowest BCUT2D eigenvalue weighted by Crippen LogP contribution is -2.26. The first-order valence-electron chi connectivity index (χ1n) is 10.6. The van der Waals surface area contributed by atoms with Crippen molar-refractivity contribution in [2.45, 2.75) is 12.3 Å². The molecule has 7 nitrogen and oxygen atoms in total. The predicted molar refractivity (Wildman–Crippen MR) is 125 cm³/mol. The molecule has 0 bridgehead atoms. The molecule has 33 heavy (non-hydrogen) atoms. The van der Waals surface area contributed by atoms with Crippen LogP contribution in [0.3, 0.4) is 0 Å². The average molecular weight is 442 g/mol. The van der Waals surface area contributed by atoms with Gasteiger partial charge in [-0.15, -0.1) is 0 Å². The number of nitrogens with zero attached hydrogens (tertiary/aromatic N) is 1. The Morgan fingerprint density at radius 3 is 2.27 bits per heavy atom. The summed E-state index contributed by atoms with van der Waals surface area (Å²) in [5.74, 6) is 0.00364. The van der Waals surface area contributed by atoms with Crippen LogP contribution in [0.1, 0.15) is 39.4 Å². The van der Waals surface area contributed by atoms with Gasteiger partial charge in [-0.2, -0.15) is 0 Å². The van der Waals surface area contributed by atoms with Crippen LogP contribution in [-0.2, 0) is 4.74 Å². The minimum Gasteiger partial charge on any atom is -0.449 e. The normalized spacial score (nSPS) is 12.2. The van der Waals surface area contributed by atoms with Crippen LogP contribution >= 0.6 is 0 Å². The number of fused-ring (bicyclic) bond motifs is 3. The Kier molecular flexibility index (Phi) is 6.59. The Hall–Kier alpha value is -4.26. The first-order valence-corrected chi connectivity index (χ1v) is 10.6. The van der Waals surface area contributed by atoms with E-state index in [0.29, 0.717) is 24.8 Å². The third kappa shape index (κ3) is 4.98. The number of carbonyl (C=O) groups is 2. The number of benzene rings is 3. The van der Waals surface area contributed by atoms with Crippen LogP contribution in [-0.4, -0.2) is 30.5 Å². The van der Waals surface area contributed by atoms with Crippen LogP contribution in [0.4, 0.5) is 10.5 Å². The van der Waals surface area contributed by atoms with E-state index in [1.165, 1.54) is 23.3 Å². The average Bonchev–Trinajstić information content (AvgIpc) is 3.16. The second-order valence-electron chi connectivity index (χ2n) is 7.68. The largest absolute Gasteiger partial charge is 0.449 e. The first kappa shape index (κ1) is 22.0. The number of aldehydes is 1. The Bertz CT molecular complexity index is 1190. The fourth-order valence-electron chi connectivity index (χ4n) is 4.06. The molecule has 1 aliphatic rings. The summed E-state index contributed by atoms with van der Waals surface area (Å²) < 4.78 is 5.49. The van der Waals surface area contributed by atoms with Crippen molar-refractivity contribution >= 4 is 24.1 Å². The highest BCUT2D eigenvalue weighted by Gasteiger charge is 2.28. The second-order valence-corrected chi connectivity index (χ2v) is 7.68. The lowest BCUT2D eigenvalue weighted by Gasteiger charge is -2.14. The topological polar surface area (TPSA) is 98.5 Å². The van der Waals surface area contributed by atoms with Crippen molar-refractivity contribution in [3.63, 3.8) is 0 Å². The fraction of sp³-hybridized carbons (Fsp3) is 0.154. The van der Waals surface area contributed by atoms with E-state index in [1.54, 1.807) is 18.2 Å². The number of nitro benzene ring substituents is 1. The summed E-state index contributed by atoms with van der Waals surface area (Å²) in [6, 6.07) is 20.5. The van der Waals surface area contributed by atoms with Gasteiger partial charge in [0.15, 0.2) is 0 Å². The molecule has 0 heterocycles. The lowest BCUT2D eigenvalue weighted by molar-refractivity contribution is -0.384. The summed E-state index contributed by atoms with van der Waals surface area (Å²) in [7, 11) is 0. The van der Waals surface area contributed by atoms with Gasteiger partial charge in [0.25, 0.3) is 5.69 Å². The quantitative estimate of drug-likeness (QED) is 0.219. The van der Waals surface area contributed by atoms with Crippen molar-refractivity contribution in [1.82, 2.24) is 5.32 Å². The van der Waals surface area contributed by atoms with E-state index in [9.17, 15) is 19.7 Å². The van der Waals surface area contributed by atoms with Crippen molar-refractivity contribution in [3.8, 4) is 11.1 Å². The molecule has 0 radical (unpaired) electrons. The van der Waals surface area contributed by atoms with Crippen molar-refractivity contribution in [2.75, 3.05) is 13.2 Å². The molecule has 0 saturated carbocycles. The van der Waals surface area contributed by atoms with Gasteiger partial charge in [-0.3, -0.25) is 14.9 Å². The van der Waals surface area contributed by atoms with Gasteiger partial charge in [0.05, 0.1) is 4.92 Å². The zero-order valence-electron chi connectivity index (χ0n) is 17.8. The number of nitro groups is 1. The zero-order chi connectivity index (χ0) is 23.2. The van der Waals surface area contributed by atoms with Gasteiger partial charge in [-0.05, 0) is 40.3 Å². The standard InChI is InChI=1S/C26H22N2O5/c29-16-19-13-18(14-20(15-19)28(31)32)7-5-6-12-27-26(30)33-17-25-23-10-3-1-8-21(23)22-9-2-4-11-24(22)25/h1-5,7-11,13-16,25H,6,12,17H2,(H,27,30). The van der Waals surface area contributed by atoms with Crippen molar-refractivity contribution in [1.29, 1.82) is 0 Å². The highest BCUT2D eigenvalue weighted by Crippen LogP contribution is 2.44. The van der Waals surface area contributed by atoms with E-state index in [1.807, 2.05) is 24.3 Å². The predicted octanol–water partition coefficient (Wildman–Crippen LogP) is 5.35. The van der Waals surface area contributed by atoms with Gasteiger partial charge in [0.1, 0.15) is 12.9 Å². The van der Waals surface area contributed by atoms with Gasteiger partial charge in [0, 0.05) is 30.2 Å². The van der Waals surface area contributed by atoms with E-state index >= 15 is 0 Å². The van der Waals surface area contributed by atoms with Crippen LogP contribution in [0.2, 0.25) is 0 Å². The Morgan fingerprint density at radius 1 is 1.00 bits per heavy atom. The molecule has 4 rings (SSSR count). The van der Waals surface area contributed by atoms with Crippen molar-refractivity contribution in [2.24, 2.45) is 0 Å². The Balaban J connectivity index is 1.28. The number of non-ortho nitro benzene ring substituents is 1. The van der Waals surface area contributed by atoms with Crippen LogP contribution in [0.5, 0.6) is 0 Å². The number of hydrogen-bond acceptors (Lipinski definition) is 5. The third-order valence-corrected chi connectivity index (χ3v) is 5.54. The number of hydrogen-bond donors (Lipinski definition) is 1. The molecule has 0 spiro atoms. The molecule has 7 heteroatoms. The molecule has 0 atom stereocenters. The van der Waals surface area contributed by atoms with Gasteiger partial charge in [-0.25, -0.2) is 4.79 Å². The molecule has 3 aromatic rings. The SMILES string of the molecule is O=Cc1cc(C=CCCNC(=O)OCC2c3ccccc3-c3ccccc32)cc([N+](=O)[O-])c1. The number of amides is 1. The van der Waals surface area contributed by atoms with E-state index in [0.717, 1.165) is 11.1 Å². The van der Waals surface area contributed by atoms with Gasteiger partial charge in [0.2, 0.25) is 0 Å². The summed E-state index contributed by atoms with van der Waals surface area (Å²) in [6.45, 7) is 0.598. The molecule has 1 N–H and O–H groups in total. The monoisotopic (exact) mass is 442 g/mol. The van der Waals surface area contributed by atoms with E-state index in [-0.39, 0.29) is 23.8 Å². The zero-order valence-corrected chi connectivity index (χ0v) is 17.8. The number of nitrogens with one attached hydrogen (secondary N) is 1. The van der Waals surface area contributed by atoms with Gasteiger partial charge < -0.3 is 10.1 Å². The molecule has 0 unspecified atom stereocenters. The smallest absolute Gasteiger partial charge is 0.407 e. The number of ether oxygens (including phenoxy) is 1. The summed E-state index contributed by atoms with van der Waals surface area (Å²) in [6.07, 6.45) is 4.03. The Morgan fingerprint density at radius 2 is 1.64 bits per heavy atom. The summed E-state index contributed by atoms with van der Waals surface area (Å²) in [4.78, 5) is 33.6. The summed E-state index contributed by atoms with van der Waals surface area (Å²) >= 11 is 0. The van der Waals surface area contributed by atoms with Crippen LogP contribution in [0, 0.1) is 10.1 Å². The maximum absolute atomic E-state index is 12.2. The van der Waals surface area contributed by atoms with E-state index in [4.69, 9.17) is 4.74 Å². The first-order chi connectivity index (χ1) is 16.1. The highest BCUT2D eigenvalue weighted by molar-refractivity contribution is 5.79.